The summed E-state index contributed by atoms with van der Waals surface area (Å²) in [5.41, 5.74) is 3.44. The van der Waals surface area contributed by atoms with E-state index in [0.717, 1.165) is 18.6 Å². The van der Waals surface area contributed by atoms with Gasteiger partial charge in [-0.15, -0.1) is 5.11 Å². The van der Waals surface area contributed by atoms with Gasteiger partial charge in [-0.25, -0.2) is 13.1 Å². The second-order valence-electron chi connectivity index (χ2n) is 12.9. The van der Waals surface area contributed by atoms with Crippen molar-refractivity contribution in [2.45, 2.75) is 83.0 Å². The molecule has 0 fully saturated rings. The summed E-state index contributed by atoms with van der Waals surface area (Å²) in [6.07, 6.45) is 3.38. The monoisotopic (exact) mass is 645 g/mol. The highest BCUT2D eigenvalue weighted by molar-refractivity contribution is 7.89. The van der Waals surface area contributed by atoms with E-state index in [2.05, 4.69) is 74.7 Å². The van der Waals surface area contributed by atoms with E-state index in [-0.39, 0.29) is 33.7 Å². The Morgan fingerprint density at radius 3 is 2.22 bits per heavy atom. The molecule has 8 nitrogen and oxygen atoms in total. The third-order valence-electron chi connectivity index (χ3n) is 8.97. The molecule has 0 aliphatic rings. The maximum Gasteiger partial charge on any atom is 0.240 e. The highest BCUT2D eigenvalue weighted by atomic mass is 32.2. The average molecular weight is 646 g/mol. The quantitative estimate of drug-likeness (QED) is 0.0989. The molecule has 0 heterocycles. The predicted octanol–water partition coefficient (Wildman–Crippen LogP) is 9.48. The van der Waals surface area contributed by atoms with Crippen molar-refractivity contribution in [3.05, 3.63) is 83.9 Å². The van der Waals surface area contributed by atoms with Crippen LogP contribution in [0.25, 0.3) is 10.8 Å². The van der Waals surface area contributed by atoms with Gasteiger partial charge in [0.15, 0.2) is 0 Å². The number of unbranched alkanes of at least 4 members (excludes halogenated alkanes) is 1. The third kappa shape index (κ3) is 8.25. The summed E-state index contributed by atoms with van der Waals surface area (Å²) in [5.74, 6) is 1.55. The molecule has 0 aliphatic carbocycles. The van der Waals surface area contributed by atoms with Crippen molar-refractivity contribution in [3.8, 4) is 17.2 Å². The fourth-order valence-electron chi connectivity index (χ4n) is 5.01. The Morgan fingerprint density at radius 2 is 1.54 bits per heavy atom. The number of methoxy groups -OCH3 is 1. The molecular weight excluding hydrogens is 598 g/mol. The number of nitrogens with one attached hydrogen (secondary N) is 1. The summed E-state index contributed by atoms with van der Waals surface area (Å²) in [6.45, 7) is 14.2. The van der Waals surface area contributed by atoms with Crippen LogP contribution in [0, 0.1) is 0 Å². The van der Waals surface area contributed by atoms with Crippen LogP contribution in [0.3, 0.4) is 0 Å². The number of sulfonamides is 1. The van der Waals surface area contributed by atoms with Crippen LogP contribution in [-0.4, -0.2) is 33.8 Å². The van der Waals surface area contributed by atoms with E-state index in [4.69, 9.17) is 9.47 Å². The topological polar surface area (TPSA) is 110 Å². The van der Waals surface area contributed by atoms with Crippen molar-refractivity contribution < 1.29 is 23.0 Å². The summed E-state index contributed by atoms with van der Waals surface area (Å²) in [5, 5.41) is 20.2. The van der Waals surface area contributed by atoms with Crippen LogP contribution < -0.4 is 14.2 Å². The number of rotatable bonds is 15. The Morgan fingerprint density at radius 1 is 0.826 bits per heavy atom. The predicted molar refractivity (Wildman–Crippen MR) is 186 cm³/mol. The van der Waals surface area contributed by atoms with Gasteiger partial charge >= 0.3 is 0 Å². The number of fused-ring (bicyclic) bond motifs is 1. The highest BCUT2D eigenvalue weighted by Crippen LogP contribution is 2.39. The minimum absolute atomic E-state index is 0.0242. The average Bonchev–Trinajstić information content (AvgIpc) is 3.05. The Balaban J connectivity index is 1.37. The smallest absolute Gasteiger partial charge is 0.240 e. The van der Waals surface area contributed by atoms with Crippen LogP contribution in [-0.2, 0) is 20.9 Å². The van der Waals surface area contributed by atoms with Gasteiger partial charge in [0.05, 0.1) is 24.3 Å². The second-order valence-corrected chi connectivity index (χ2v) is 14.6. The van der Waals surface area contributed by atoms with Crippen LogP contribution in [0.15, 0.2) is 87.9 Å². The lowest BCUT2D eigenvalue weighted by Gasteiger charge is -2.30. The molecule has 46 heavy (non-hydrogen) atoms. The molecule has 0 unspecified atom stereocenters. The molecule has 0 aromatic heterocycles. The number of aromatic hydroxyl groups is 1. The molecule has 246 valence electrons. The van der Waals surface area contributed by atoms with Crippen molar-refractivity contribution in [2.75, 3.05) is 20.3 Å². The van der Waals surface area contributed by atoms with Crippen molar-refractivity contribution >= 4 is 32.2 Å². The van der Waals surface area contributed by atoms with Gasteiger partial charge in [0.25, 0.3) is 0 Å². The Bertz CT molecular complexity index is 1780. The molecule has 0 bridgehead atoms. The van der Waals surface area contributed by atoms with Crippen LogP contribution in [0.2, 0.25) is 0 Å². The van der Waals surface area contributed by atoms with Crippen LogP contribution >= 0.6 is 0 Å². The number of hydrogen-bond acceptors (Lipinski definition) is 7. The molecule has 0 saturated heterocycles. The summed E-state index contributed by atoms with van der Waals surface area (Å²) in [6, 6.07) is 21.5. The molecule has 4 aromatic carbocycles. The van der Waals surface area contributed by atoms with Gasteiger partial charge in [-0.2, -0.15) is 5.11 Å². The van der Waals surface area contributed by atoms with Gasteiger partial charge in [-0.3, -0.25) is 0 Å². The molecule has 9 heteroatoms. The van der Waals surface area contributed by atoms with Crippen molar-refractivity contribution in [2.24, 2.45) is 10.2 Å². The number of nitrogens with zero attached hydrogens (tertiary/aromatic N) is 2. The van der Waals surface area contributed by atoms with E-state index >= 15 is 0 Å². The molecule has 0 saturated carbocycles. The largest absolute Gasteiger partial charge is 0.506 e. The van der Waals surface area contributed by atoms with E-state index in [1.54, 1.807) is 49.6 Å². The Hall–Kier alpha value is -3.95. The lowest BCUT2D eigenvalue weighted by atomic mass is 9.76. The lowest BCUT2D eigenvalue weighted by molar-refractivity contribution is 0.296. The summed E-state index contributed by atoms with van der Waals surface area (Å²) >= 11 is 0. The molecule has 0 spiro atoms. The highest BCUT2D eigenvalue weighted by Gasteiger charge is 2.26. The molecule has 0 radical (unpaired) electrons. The van der Waals surface area contributed by atoms with Crippen LogP contribution in [0.1, 0.15) is 78.4 Å². The first-order valence-corrected chi connectivity index (χ1v) is 17.4. The summed E-state index contributed by atoms with van der Waals surface area (Å²) in [4.78, 5) is 0.140. The first-order valence-electron chi connectivity index (χ1n) is 15.9. The maximum absolute atomic E-state index is 13.1. The van der Waals surface area contributed by atoms with Crippen molar-refractivity contribution in [1.82, 2.24) is 4.72 Å². The molecule has 0 aliphatic heterocycles. The van der Waals surface area contributed by atoms with Gasteiger partial charge in [0.2, 0.25) is 10.0 Å². The van der Waals surface area contributed by atoms with E-state index in [9.17, 15) is 13.5 Å². The van der Waals surface area contributed by atoms with E-state index in [0.29, 0.717) is 41.7 Å². The minimum atomic E-state index is -3.75. The van der Waals surface area contributed by atoms with Gasteiger partial charge in [0, 0.05) is 17.5 Å². The second kappa shape index (κ2) is 14.6. The Kier molecular flexibility index (Phi) is 11.1. The number of azo groups is 1. The summed E-state index contributed by atoms with van der Waals surface area (Å²) in [7, 11) is -2.16. The van der Waals surface area contributed by atoms with Gasteiger partial charge < -0.3 is 14.6 Å². The Labute approximate surface area is 273 Å². The molecule has 0 atom stereocenters. The zero-order valence-electron chi connectivity index (χ0n) is 28.1. The lowest BCUT2D eigenvalue weighted by Crippen LogP contribution is -2.25. The first-order chi connectivity index (χ1) is 21.8. The summed E-state index contributed by atoms with van der Waals surface area (Å²) < 4.78 is 40.4. The zero-order valence-corrected chi connectivity index (χ0v) is 28.9. The molecule has 2 N–H and O–H groups in total. The minimum Gasteiger partial charge on any atom is -0.506 e. The molecule has 0 amide bonds. The standard InChI is InChI=1S/C37H47N3O5S/c1-8-36(3,4)27-13-21-34(32(25-27)37(5,6)9-2)45-23-11-10-22-38-46(42,43)30-18-19-31-26(24-30)12-20-33(41)35(31)40-39-28-14-16-29(44-7)17-15-28/h12-21,24-25,38,41H,8-11,22-23H2,1-7H3. The SMILES string of the molecule is CCC(C)(C)c1ccc(OCCCCNS(=O)(=O)c2ccc3c(N=Nc4ccc(OC)cc4)c(O)ccc3c2)c(C(C)(C)CC)c1. The fraction of sp³-hybridized carbons (Fsp3) is 0.405. The first kappa shape index (κ1) is 34.9. The van der Waals surface area contributed by atoms with E-state index < -0.39 is 10.0 Å². The molecule has 4 aromatic rings. The van der Waals surface area contributed by atoms with Crippen molar-refractivity contribution in [1.29, 1.82) is 0 Å². The zero-order chi connectivity index (χ0) is 33.5. The normalized spacial score (nSPS) is 12.6. The number of hydrogen-bond donors (Lipinski definition) is 2. The van der Waals surface area contributed by atoms with Crippen molar-refractivity contribution in [3.63, 3.8) is 0 Å². The number of phenols is 1. The third-order valence-corrected chi connectivity index (χ3v) is 10.4. The number of phenolic OH excluding ortho intramolecular Hbond substituents is 1. The van der Waals surface area contributed by atoms with Gasteiger partial charge in [0.1, 0.15) is 22.9 Å². The van der Waals surface area contributed by atoms with E-state index in [1.165, 1.54) is 23.3 Å². The van der Waals surface area contributed by atoms with Gasteiger partial charge in [-0.05, 0) is 96.0 Å². The van der Waals surface area contributed by atoms with E-state index in [1.807, 2.05) is 0 Å². The van der Waals surface area contributed by atoms with Crippen LogP contribution in [0.4, 0.5) is 11.4 Å². The number of ether oxygens (including phenoxy) is 2. The number of benzene rings is 4. The van der Waals surface area contributed by atoms with Crippen LogP contribution in [0.5, 0.6) is 17.2 Å². The maximum atomic E-state index is 13.1. The molecular formula is C37H47N3O5S. The van der Waals surface area contributed by atoms with Gasteiger partial charge in [-0.1, -0.05) is 65.8 Å². The fourth-order valence-corrected chi connectivity index (χ4v) is 6.12. The molecule has 4 rings (SSSR count).